The van der Waals surface area contributed by atoms with Crippen molar-refractivity contribution in [1.29, 1.82) is 0 Å². The van der Waals surface area contributed by atoms with E-state index in [0.717, 1.165) is 12.8 Å². The average Bonchev–Trinajstić information content (AvgIpc) is 2.92. The zero-order valence-electron chi connectivity index (χ0n) is 12.5. The summed E-state index contributed by atoms with van der Waals surface area (Å²) in [5, 5.41) is 9.70. The highest BCUT2D eigenvalue weighted by molar-refractivity contribution is 5.70. The van der Waals surface area contributed by atoms with E-state index in [1.165, 1.54) is 19.3 Å². The molecule has 4 atom stereocenters. The zero-order valence-corrected chi connectivity index (χ0v) is 12.5. The third-order valence-corrected chi connectivity index (χ3v) is 4.12. The molecule has 0 aromatic rings. The summed E-state index contributed by atoms with van der Waals surface area (Å²) in [4.78, 5) is 11.9. The van der Waals surface area contributed by atoms with Crippen molar-refractivity contribution in [2.75, 3.05) is 13.2 Å². The number of rotatable bonds is 7. The fourth-order valence-electron chi connectivity index (χ4n) is 2.93. The van der Waals surface area contributed by atoms with Crippen molar-refractivity contribution < 1.29 is 24.1 Å². The van der Waals surface area contributed by atoms with Crippen LogP contribution in [0.15, 0.2) is 0 Å². The molecule has 2 heterocycles. The van der Waals surface area contributed by atoms with E-state index in [1.54, 1.807) is 0 Å². The maximum Gasteiger partial charge on any atom is 0.306 e. The molecule has 5 heteroatoms. The first-order valence-electron chi connectivity index (χ1n) is 7.70. The maximum absolute atomic E-state index is 11.9. The highest BCUT2D eigenvalue weighted by atomic mass is 16.6. The minimum absolute atomic E-state index is 0.196. The van der Waals surface area contributed by atoms with Crippen LogP contribution >= 0.6 is 0 Å². The summed E-state index contributed by atoms with van der Waals surface area (Å²) in [6.07, 6.45) is 4.64. The second-order valence-electron chi connectivity index (χ2n) is 6.05. The van der Waals surface area contributed by atoms with Gasteiger partial charge in [0.1, 0.15) is 18.3 Å². The topological polar surface area (TPSA) is 65.0 Å². The van der Waals surface area contributed by atoms with Gasteiger partial charge in [-0.25, -0.2) is 0 Å². The standard InChI is InChI=1S/C15H26O5/c1-3-4-5-6-7-8-12(17)20-15(2)10-19-13-11(16)9-18-14(13)15/h11,13-14,16H,3-10H2,1-2H3/t11-,13-,14+,15+/m1/s1. The number of aliphatic hydroxyl groups excluding tert-OH is 1. The van der Waals surface area contributed by atoms with Crippen LogP contribution in [0.25, 0.3) is 0 Å². The number of aliphatic hydroxyl groups is 1. The van der Waals surface area contributed by atoms with Crippen LogP contribution in [0.3, 0.4) is 0 Å². The summed E-state index contributed by atoms with van der Waals surface area (Å²) in [6, 6.07) is 0. The lowest BCUT2D eigenvalue weighted by atomic mass is 9.98. The number of hydrogen-bond acceptors (Lipinski definition) is 5. The van der Waals surface area contributed by atoms with Gasteiger partial charge in [0.25, 0.3) is 0 Å². The fraction of sp³-hybridized carbons (Fsp3) is 0.933. The first kappa shape index (κ1) is 15.7. The third kappa shape index (κ3) is 3.51. The molecule has 0 spiro atoms. The minimum Gasteiger partial charge on any atom is -0.454 e. The van der Waals surface area contributed by atoms with Gasteiger partial charge in [-0.05, 0) is 13.3 Å². The lowest BCUT2D eigenvalue weighted by Crippen LogP contribution is -2.44. The summed E-state index contributed by atoms with van der Waals surface area (Å²) in [5.74, 6) is -0.196. The number of ether oxygens (including phenoxy) is 3. The molecule has 5 nitrogen and oxygen atoms in total. The van der Waals surface area contributed by atoms with Crippen LogP contribution in [0.4, 0.5) is 0 Å². The van der Waals surface area contributed by atoms with Gasteiger partial charge in [-0.2, -0.15) is 0 Å². The van der Waals surface area contributed by atoms with E-state index in [2.05, 4.69) is 6.92 Å². The van der Waals surface area contributed by atoms with Crippen LogP contribution in [-0.4, -0.2) is 48.2 Å². The number of fused-ring (bicyclic) bond motifs is 1. The van der Waals surface area contributed by atoms with Crippen LogP contribution in [0, 0.1) is 0 Å². The maximum atomic E-state index is 11.9. The average molecular weight is 286 g/mol. The van der Waals surface area contributed by atoms with Gasteiger partial charge in [0.15, 0.2) is 5.60 Å². The van der Waals surface area contributed by atoms with Crippen LogP contribution in [-0.2, 0) is 19.0 Å². The van der Waals surface area contributed by atoms with Gasteiger partial charge >= 0.3 is 5.97 Å². The van der Waals surface area contributed by atoms with E-state index < -0.39 is 11.7 Å². The molecule has 116 valence electrons. The number of esters is 1. The molecule has 0 aromatic heterocycles. The van der Waals surface area contributed by atoms with E-state index in [4.69, 9.17) is 14.2 Å². The van der Waals surface area contributed by atoms with Crippen molar-refractivity contribution in [3.05, 3.63) is 0 Å². The largest absolute Gasteiger partial charge is 0.454 e. The molecule has 0 aliphatic carbocycles. The van der Waals surface area contributed by atoms with Crippen LogP contribution in [0.1, 0.15) is 52.4 Å². The molecule has 0 unspecified atom stereocenters. The van der Waals surface area contributed by atoms with Gasteiger partial charge in [0.05, 0.1) is 13.2 Å². The van der Waals surface area contributed by atoms with Gasteiger partial charge in [0.2, 0.25) is 0 Å². The second kappa shape index (κ2) is 6.87. The highest BCUT2D eigenvalue weighted by Crippen LogP contribution is 2.36. The molecular formula is C15H26O5. The van der Waals surface area contributed by atoms with Crippen LogP contribution in [0.2, 0.25) is 0 Å². The zero-order chi connectivity index (χ0) is 14.6. The Morgan fingerprint density at radius 3 is 2.80 bits per heavy atom. The molecule has 0 aromatic carbocycles. The van der Waals surface area contributed by atoms with Crippen molar-refractivity contribution >= 4 is 5.97 Å². The van der Waals surface area contributed by atoms with Crippen molar-refractivity contribution in [3.63, 3.8) is 0 Å². The predicted octanol–water partition coefficient (Wildman–Crippen LogP) is 1.81. The van der Waals surface area contributed by atoms with E-state index in [-0.39, 0.29) is 24.8 Å². The monoisotopic (exact) mass is 286 g/mol. The number of hydrogen-bond donors (Lipinski definition) is 1. The van der Waals surface area contributed by atoms with Crippen molar-refractivity contribution in [1.82, 2.24) is 0 Å². The molecule has 0 bridgehead atoms. The Bertz CT molecular complexity index is 332. The lowest BCUT2D eigenvalue weighted by Gasteiger charge is -2.28. The van der Waals surface area contributed by atoms with Crippen LogP contribution in [0.5, 0.6) is 0 Å². The van der Waals surface area contributed by atoms with Gasteiger partial charge in [-0.3, -0.25) is 4.79 Å². The van der Waals surface area contributed by atoms with Crippen molar-refractivity contribution in [2.45, 2.75) is 76.3 Å². The minimum atomic E-state index is -0.761. The molecule has 2 aliphatic heterocycles. The predicted molar refractivity (Wildman–Crippen MR) is 73.4 cm³/mol. The van der Waals surface area contributed by atoms with Crippen molar-refractivity contribution in [3.8, 4) is 0 Å². The van der Waals surface area contributed by atoms with E-state index in [9.17, 15) is 9.90 Å². The number of unbranched alkanes of at least 4 members (excludes halogenated alkanes) is 4. The van der Waals surface area contributed by atoms with Gasteiger partial charge in [-0.15, -0.1) is 0 Å². The molecule has 0 radical (unpaired) electrons. The Balaban J connectivity index is 1.73. The molecule has 2 fully saturated rings. The summed E-state index contributed by atoms with van der Waals surface area (Å²) >= 11 is 0. The molecule has 2 rings (SSSR count). The SMILES string of the molecule is CCCCCCCC(=O)O[C@@]1(C)CO[C@@H]2[C@H](O)CO[C@@H]21. The molecule has 2 saturated heterocycles. The smallest absolute Gasteiger partial charge is 0.306 e. The Morgan fingerprint density at radius 1 is 1.30 bits per heavy atom. The Labute approximate surface area is 120 Å². The quantitative estimate of drug-likeness (QED) is 0.571. The van der Waals surface area contributed by atoms with Gasteiger partial charge in [-0.1, -0.05) is 32.6 Å². The van der Waals surface area contributed by atoms with Crippen LogP contribution < -0.4 is 0 Å². The Morgan fingerprint density at radius 2 is 2.05 bits per heavy atom. The first-order chi connectivity index (χ1) is 9.57. The Kier molecular flexibility index (Phi) is 5.41. The number of carbonyl (C=O) groups is 1. The fourth-order valence-corrected chi connectivity index (χ4v) is 2.93. The third-order valence-electron chi connectivity index (χ3n) is 4.12. The molecule has 0 saturated carbocycles. The summed E-state index contributed by atoms with van der Waals surface area (Å²) < 4.78 is 16.6. The molecule has 2 aliphatic rings. The van der Waals surface area contributed by atoms with Gasteiger partial charge in [0, 0.05) is 6.42 Å². The van der Waals surface area contributed by atoms with Gasteiger partial charge < -0.3 is 19.3 Å². The highest BCUT2D eigenvalue weighted by Gasteiger charge is 2.56. The second-order valence-corrected chi connectivity index (χ2v) is 6.05. The molecule has 0 amide bonds. The molecular weight excluding hydrogens is 260 g/mol. The Hall–Kier alpha value is -0.650. The lowest BCUT2D eigenvalue weighted by molar-refractivity contribution is -0.168. The molecule has 1 N–H and O–H groups in total. The van der Waals surface area contributed by atoms with E-state index in [1.807, 2.05) is 6.92 Å². The summed E-state index contributed by atoms with van der Waals surface area (Å²) in [6.45, 7) is 4.53. The number of carbonyl (C=O) groups excluding carboxylic acids is 1. The van der Waals surface area contributed by atoms with E-state index >= 15 is 0 Å². The van der Waals surface area contributed by atoms with E-state index in [0.29, 0.717) is 13.0 Å². The van der Waals surface area contributed by atoms with Crippen molar-refractivity contribution in [2.24, 2.45) is 0 Å². The first-order valence-corrected chi connectivity index (χ1v) is 7.70. The summed E-state index contributed by atoms with van der Waals surface area (Å²) in [7, 11) is 0. The molecule has 20 heavy (non-hydrogen) atoms. The normalized spacial score (nSPS) is 36.0. The summed E-state index contributed by atoms with van der Waals surface area (Å²) in [5.41, 5.74) is -0.761.